The number of rotatable bonds is 6. The molecule has 0 aliphatic heterocycles. The zero-order chi connectivity index (χ0) is 19.5. The van der Waals surface area contributed by atoms with Crippen molar-refractivity contribution in [1.82, 2.24) is 5.32 Å². The Morgan fingerprint density at radius 3 is 1.85 bits per heavy atom. The van der Waals surface area contributed by atoms with Gasteiger partial charge in [-0.05, 0) is 49.4 Å². The molecule has 2 aliphatic rings. The Kier molecular flexibility index (Phi) is 10.3. The fraction of sp³-hybridized carbons (Fsp3) is 0.850. The Balaban J connectivity index is 0.000000273. The maximum atomic E-state index is 11.4. The van der Waals surface area contributed by atoms with Gasteiger partial charge in [0.15, 0.2) is 0 Å². The van der Waals surface area contributed by atoms with E-state index in [2.05, 4.69) is 19.2 Å². The molecular weight excluding hydrogens is 332 g/mol. The molecule has 0 radical (unpaired) electrons. The summed E-state index contributed by atoms with van der Waals surface area (Å²) in [6.45, 7) is 4.41. The molecule has 2 rings (SSSR count). The minimum absolute atomic E-state index is 0.0406. The lowest BCUT2D eigenvalue weighted by molar-refractivity contribution is -0.138. The average molecular weight is 369 g/mol. The second-order valence-corrected chi connectivity index (χ2v) is 8.32. The van der Waals surface area contributed by atoms with Crippen LogP contribution >= 0.6 is 0 Å². The van der Waals surface area contributed by atoms with Crippen molar-refractivity contribution < 1.29 is 19.5 Å². The number of nitrogens with two attached hydrogens (primary N) is 1. The summed E-state index contributed by atoms with van der Waals surface area (Å²) in [5.74, 6) is 1.25. The van der Waals surface area contributed by atoms with Gasteiger partial charge in [-0.25, -0.2) is 0 Å². The fourth-order valence-corrected chi connectivity index (χ4v) is 4.26. The van der Waals surface area contributed by atoms with Crippen molar-refractivity contribution in [2.45, 2.75) is 78.1 Å². The first-order valence-corrected chi connectivity index (χ1v) is 10.0. The number of nitrogens with one attached hydrogen (secondary N) is 1. The van der Waals surface area contributed by atoms with Crippen LogP contribution in [0.3, 0.4) is 0 Å². The second-order valence-electron chi connectivity index (χ2n) is 8.32. The Morgan fingerprint density at radius 1 is 0.923 bits per heavy atom. The highest BCUT2D eigenvalue weighted by molar-refractivity contribution is 5.83. The standard InChI is InChI=1S/C11H20N2O2.C9H16O2/c1-8-3-2-4-9(5-8)6-11(15)13-7-10(12)14;1-7-3-2-4-8(5-7)6-9(10)11/h8-9H,2-7H2,1H3,(H2,12,14)(H,13,15);7-8H,2-6H2,1H3,(H,10,11). The van der Waals surface area contributed by atoms with E-state index in [-0.39, 0.29) is 12.5 Å². The molecule has 6 heteroatoms. The maximum Gasteiger partial charge on any atom is 0.303 e. The van der Waals surface area contributed by atoms with Gasteiger partial charge in [0.2, 0.25) is 11.8 Å². The molecule has 0 saturated heterocycles. The van der Waals surface area contributed by atoms with E-state index < -0.39 is 11.9 Å². The van der Waals surface area contributed by atoms with E-state index in [9.17, 15) is 14.4 Å². The van der Waals surface area contributed by atoms with Gasteiger partial charge in [-0.15, -0.1) is 0 Å². The van der Waals surface area contributed by atoms with Crippen LogP contribution in [0.4, 0.5) is 0 Å². The Hall–Kier alpha value is -1.59. The number of carbonyl (C=O) groups is 3. The summed E-state index contributed by atoms with van der Waals surface area (Å²) in [6.07, 6.45) is 10.4. The highest BCUT2D eigenvalue weighted by Crippen LogP contribution is 2.31. The lowest BCUT2D eigenvalue weighted by atomic mass is 9.81. The quantitative estimate of drug-likeness (QED) is 0.669. The largest absolute Gasteiger partial charge is 0.481 e. The van der Waals surface area contributed by atoms with Gasteiger partial charge >= 0.3 is 5.97 Å². The predicted molar refractivity (Wildman–Crippen MR) is 101 cm³/mol. The van der Waals surface area contributed by atoms with Crippen LogP contribution in [-0.4, -0.2) is 29.4 Å². The lowest BCUT2D eigenvalue weighted by Gasteiger charge is -2.26. The van der Waals surface area contributed by atoms with Gasteiger partial charge in [0, 0.05) is 12.8 Å². The number of hydrogen-bond donors (Lipinski definition) is 3. The average Bonchev–Trinajstić information content (AvgIpc) is 2.53. The molecule has 0 aromatic carbocycles. The van der Waals surface area contributed by atoms with Gasteiger partial charge in [0.25, 0.3) is 0 Å². The van der Waals surface area contributed by atoms with E-state index in [1.807, 2.05) is 0 Å². The molecule has 26 heavy (non-hydrogen) atoms. The molecule has 0 bridgehead atoms. The van der Waals surface area contributed by atoms with Crippen LogP contribution in [0, 0.1) is 23.7 Å². The molecule has 4 atom stereocenters. The van der Waals surface area contributed by atoms with E-state index in [1.165, 1.54) is 25.7 Å². The number of amides is 2. The van der Waals surface area contributed by atoms with Crippen LogP contribution < -0.4 is 11.1 Å². The molecule has 0 spiro atoms. The van der Waals surface area contributed by atoms with E-state index in [4.69, 9.17) is 10.8 Å². The molecular formula is C20H36N2O4. The van der Waals surface area contributed by atoms with Crippen molar-refractivity contribution in [3.8, 4) is 0 Å². The SMILES string of the molecule is CC1CCCC(CC(=O)NCC(N)=O)C1.CC1CCCC(CC(=O)O)C1. The zero-order valence-electron chi connectivity index (χ0n) is 16.3. The van der Waals surface area contributed by atoms with Crippen molar-refractivity contribution in [3.63, 3.8) is 0 Å². The van der Waals surface area contributed by atoms with Crippen molar-refractivity contribution in [1.29, 1.82) is 0 Å². The fourth-order valence-electron chi connectivity index (χ4n) is 4.26. The van der Waals surface area contributed by atoms with Gasteiger partial charge in [0.05, 0.1) is 6.54 Å². The molecule has 0 aromatic heterocycles. The summed E-state index contributed by atoms with van der Waals surface area (Å²) < 4.78 is 0. The molecule has 6 nitrogen and oxygen atoms in total. The van der Waals surface area contributed by atoms with Crippen LogP contribution in [-0.2, 0) is 14.4 Å². The van der Waals surface area contributed by atoms with Gasteiger partial charge in [-0.3, -0.25) is 14.4 Å². The normalized spacial score (nSPS) is 28.4. The third kappa shape index (κ3) is 10.4. The Labute approximate surface area is 157 Å². The van der Waals surface area contributed by atoms with Crippen LogP contribution in [0.15, 0.2) is 0 Å². The molecule has 2 aliphatic carbocycles. The van der Waals surface area contributed by atoms with Gasteiger partial charge in [0.1, 0.15) is 0 Å². The predicted octanol–water partition coefficient (Wildman–Crippen LogP) is 3.09. The Morgan fingerprint density at radius 2 is 1.42 bits per heavy atom. The summed E-state index contributed by atoms with van der Waals surface area (Å²) in [6, 6.07) is 0. The first kappa shape index (κ1) is 22.5. The van der Waals surface area contributed by atoms with E-state index in [0.717, 1.165) is 37.5 Å². The minimum atomic E-state index is -0.635. The summed E-state index contributed by atoms with van der Waals surface area (Å²) in [4.78, 5) is 32.2. The Bertz CT molecular complexity index is 467. The summed E-state index contributed by atoms with van der Waals surface area (Å²) >= 11 is 0. The van der Waals surface area contributed by atoms with Crippen LogP contribution in [0.1, 0.15) is 78.1 Å². The van der Waals surface area contributed by atoms with Crippen LogP contribution in [0.5, 0.6) is 0 Å². The topological polar surface area (TPSA) is 109 Å². The molecule has 2 fully saturated rings. The first-order valence-electron chi connectivity index (χ1n) is 10.0. The van der Waals surface area contributed by atoms with Crippen LogP contribution in [0.25, 0.3) is 0 Å². The third-order valence-electron chi connectivity index (χ3n) is 5.49. The first-order chi connectivity index (χ1) is 12.3. The summed E-state index contributed by atoms with van der Waals surface area (Å²) in [7, 11) is 0. The number of primary amides is 1. The number of aliphatic carboxylic acids is 1. The number of carbonyl (C=O) groups excluding carboxylic acids is 2. The van der Waals surface area contributed by atoms with Crippen molar-refractivity contribution in [3.05, 3.63) is 0 Å². The molecule has 150 valence electrons. The lowest BCUT2D eigenvalue weighted by Crippen LogP contribution is -2.34. The molecule has 0 aromatic rings. The monoisotopic (exact) mass is 368 g/mol. The second kappa shape index (κ2) is 11.9. The zero-order valence-corrected chi connectivity index (χ0v) is 16.3. The molecule has 2 saturated carbocycles. The number of hydrogen-bond acceptors (Lipinski definition) is 3. The van der Waals surface area contributed by atoms with E-state index in [0.29, 0.717) is 24.7 Å². The van der Waals surface area contributed by atoms with Crippen LogP contribution in [0.2, 0.25) is 0 Å². The summed E-state index contributed by atoms with van der Waals surface area (Å²) in [5, 5.41) is 11.1. The molecule has 4 unspecified atom stereocenters. The van der Waals surface area contributed by atoms with Gasteiger partial charge in [-0.1, -0.05) is 39.5 Å². The third-order valence-corrected chi connectivity index (χ3v) is 5.49. The number of carboxylic acid groups (broad SMARTS) is 1. The van der Waals surface area contributed by atoms with Crippen molar-refractivity contribution >= 4 is 17.8 Å². The highest BCUT2D eigenvalue weighted by atomic mass is 16.4. The van der Waals surface area contributed by atoms with Gasteiger partial charge in [-0.2, -0.15) is 0 Å². The summed E-state index contributed by atoms with van der Waals surface area (Å²) in [5.41, 5.74) is 4.94. The minimum Gasteiger partial charge on any atom is -0.481 e. The smallest absolute Gasteiger partial charge is 0.303 e. The van der Waals surface area contributed by atoms with E-state index >= 15 is 0 Å². The van der Waals surface area contributed by atoms with Gasteiger partial charge < -0.3 is 16.2 Å². The van der Waals surface area contributed by atoms with Crippen molar-refractivity contribution in [2.75, 3.05) is 6.54 Å². The highest BCUT2D eigenvalue weighted by Gasteiger charge is 2.21. The van der Waals surface area contributed by atoms with E-state index in [1.54, 1.807) is 0 Å². The van der Waals surface area contributed by atoms with Crippen molar-refractivity contribution in [2.24, 2.45) is 29.4 Å². The molecule has 2 amide bonds. The molecule has 0 heterocycles. The number of carboxylic acids is 1. The molecule has 4 N–H and O–H groups in total. The maximum absolute atomic E-state index is 11.4.